The van der Waals surface area contributed by atoms with Crippen LogP contribution in [0.15, 0.2) is 84.9 Å². The third-order valence-corrected chi connectivity index (χ3v) is 11.1. The van der Waals surface area contributed by atoms with Gasteiger partial charge in [0.15, 0.2) is 0 Å². The van der Waals surface area contributed by atoms with Crippen molar-refractivity contribution in [3.8, 4) is 10.4 Å². The lowest BCUT2D eigenvalue weighted by atomic mass is 9.73. The molecule has 2 saturated heterocycles. The number of nitrogens with zero attached hydrogens (tertiary/aromatic N) is 3. The zero-order valence-corrected chi connectivity index (χ0v) is 27.1. The van der Waals surface area contributed by atoms with Gasteiger partial charge in [-0.3, -0.25) is 14.4 Å². The lowest BCUT2D eigenvalue weighted by Crippen LogP contribution is -2.59. The van der Waals surface area contributed by atoms with E-state index in [1.807, 2.05) is 60.7 Å². The Morgan fingerprint density at radius 3 is 2.45 bits per heavy atom. The number of para-hydroxylation sites is 2. The number of amides is 2. The number of rotatable bonds is 5. The van der Waals surface area contributed by atoms with E-state index in [-0.39, 0.29) is 17.2 Å². The largest absolute Gasteiger partial charge is 0.381 e. The summed E-state index contributed by atoms with van der Waals surface area (Å²) in [4.78, 5) is 49.9. The summed E-state index contributed by atoms with van der Waals surface area (Å²) in [6, 6.07) is 26.3. The minimum Gasteiger partial charge on any atom is -0.381 e. The average Bonchev–Trinajstić information content (AvgIpc) is 3.45. The second kappa shape index (κ2) is 11.9. The number of hydrogen-bond donors (Lipinski definition) is 1. The molecule has 0 atom stereocenters. The number of ether oxygens (including phenoxy) is 1. The summed E-state index contributed by atoms with van der Waals surface area (Å²) in [5, 5.41) is 3.47. The molecule has 47 heavy (non-hydrogen) atoms. The van der Waals surface area contributed by atoms with Crippen molar-refractivity contribution in [2.45, 2.75) is 19.3 Å². The number of aromatic nitrogens is 1. The molecule has 236 valence electrons. The SMILES string of the molecule is O=C(Cl)c1cc2c(s1)-c1ccccc1N(C(=O)c1ccc(NC(=O)c3cc4ccccc4nc3N3CC4(CCOCC4)C3)cc1)CC2. The molecule has 2 fully saturated rings. The first-order chi connectivity index (χ1) is 22.9. The van der Waals surface area contributed by atoms with Crippen molar-refractivity contribution in [2.24, 2.45) is 5.41 Å². The lowest BCUT2D eigenvalue weighted by Gasteiger charge is -2.53. The van der Waals surface area contributed by atoms with Crippen LogP contribution in [0.4, 0.5) is 17.2 Å². The van der Waals surface area contributed by atoms with E-state index in [1.54, 1.807) is 29.2 Å². The monoisotopic (exact) mass is 662 g/mol. The summed E-state index contributed by atoms with van der Waals surface area (Å²) >= 11 is 7.14. The minimum atomic E-state index is -0.474. The molecule has 3 aliphatic rings. The Morgan fingerprint density at radius 1 is 0.915 bits per heavy atom. The molecule has 5 heterocycles. The van der Waals surface area contributed by atoms with Gasteiger partial charge >= 0.3 is 0 Å². The zero-order valence-electron chi connectivity index (χ0n) is 25.5. The van der Waals surface area contributed by atoms with Crippen LogP contribution in [-0.4, -0.2) is 54.9 Å². The number of anilines is 3. The molecule has 2 aromatic heterocycles. The Hall–Kier alpha value is -4.57. The van der Waals surface area contributed by atoms with Gasteiger partial charge in [-0.1, -0.05) is 36.4 Å². The molecule has 0 radical (unpaired) electrons. The summed E-state index contributed by atoms with van der Waals surface area (Å²) < 4.78 is 5.59. The first kappa shape index (κ1) is 29.8. The zero-order chi connectivity index (χ0) is 32.1. The van der Waals surface area contributed by atoms with E-state index < -0.39 is 5.24 Å². The minimum absolute atomic E-state index is 0.139. The number of nitrogens with one attached hydrogen (secondary N) is 1. The second-order valence-electron chi connectivity index (χ2n) is 12.5. The Balaban J connectivity index is 1.03. The molecule has 1 N–H and O–H groups in total. The van der Waals surface area contributed by atoms with Crippen LogP contribution in [0.1, 0.15) is 48.8 Å². The molecule has 0 unspecified atom stereocenters. The van der Waals surface area contributed by atoms with Gasteiger partial charge in [-0.05, 0) is 85.0 Å². The maximum absolute atomic E-state index is 13.9. The van der Waals surface area contributed by atoms with Crippen LogP contribution in [0, 0.1) is 5.41 Å². The third kappa shape index (κ3) is 5.48. The van der Waals surface area contributed by atoms with Gasteiger partial charge in [0.2, 0.25) is 0 Å². The van der Waals surface area contributed by atoms with Crippen LogP contribution >= 0.6 is 22.9 Å². The standard InChI is InChI=1S/C37H31ClN4O4S/c38-33(43)31-20-25-13-16-42(30-8-4-2-6-27(30)32(25)47-31)36(45)23-9-11-26(12-10-23)39-35(44)28-19-24-5-1-3-7-29(24)40-34(28)41-21-37(22-41)14-17-46-18-15-37/h1-12,19-20H,13-18,21-22H2,(H,39,44). The fourth-order valence-electron chi connectivity index (χ4n) is 7.00. The molecule has 3 aromatic carbocycles. The number of carbonyl (C=O) groups excluding carboxylic acids is 3. The second-order valence-corrected chi connectivity index (χ2v) is 13.9. The van der Waals surface area contributed by atoms with Gasteiger partial charge in [-0.15, -0.1) is 11.3 Å². The van der Waals surface area contributed by atoms with E-state index in [1.165, 1.54) is 11.3 Å². The van der Waals surface area contributed by atoms with Crippen LogP contribution in [0.2, 0.25) is 0 Å². The quantitative estimate of drug-likeness (QED) is 0.197. The van der Waals surface area contributed by atoms with Crippen molar-refractivity contribution in [3.63, 3.8) is 0 Å². The van der Waals surface area contributed by atoms with Gasteiger partial charge in [0.1, 0.15) is 5.82 Å². The number of benzene rings is 3. The Labute approximate surface area is 280 Å². The van der Waals surface area contributed by atoms with E-state index in [9.17, 15) is 14.4 Å². The molecule has 3 aliphatic heterocycles. The van der Waals surface area contributed by atoms with Gasteiger partial charge < -0.3 is 19.9 Å². The molecular weight excluding hydrogens is 632 g/mol. The highest BCUT2D eigenvalue weighted by Crippen LogP contribution is 2.44. The summed E-state index contributed by atoms with van der Waals surface area (Å²) in [6.45, 7) is 3.73. The highest BCUT2D eigenvalue weighted by molar-refractivity contribution is 7.19. The maximum atomic E-state index is 13.9. The molecule has 0 bridgehead atoms. The molecule has 0 aliphatic carbocycles. The van der Waals surface area contributed by atoms with Gasteiger partial charge in [-0.25, -0.2) is 4.98 Å². The molecule has 0 saturated carbocycles. The molecule has 8 nitrogen and oxygen atoms in total. The van der Waals surface area contributed by atoms with E-state index in [0.717, 1.165) is 71.7 Å². The number of carbonyl (C=O) groups is 3. The Bertz CT molecular complexity index is 2050. The summed E-state index contributed by atoms with van der Waals surface area (Å²) in [5.41, 5.74) is 5.40. The van der Waals surface area contributed by atoms with Gasteiger partial charge in [0.05, 0.1) is 21.6 Å². The summed E-state index contributed by atoms with van der Waals surface area (Å²) in [6.07, 6.45) is 2.65. The first-order valence-electron chi connectivity index (χ1n) is 15.8. The summed E-state index contributed by atoms with van der Waals surface area (Å²) in [5.74, 6) is 0.314. The smallest absolute Gasteiger partial charge is 0.262 e. The fourth-order valence-corrected chi connectivity index (χ4v) is 8.25. The average molecular weight is 663 g/mol. The van der Waals surface area contributed by atoms with E-state index in [0.29, 0.717) is 40.5 Å². The predicted octanol–water partition coefficient (Wildman–Crippen LogP) is 7.41. The fraction of sp³-hybridized carbons (Fsp3) is 0.243. The number of hydrogen-bond acceptors (Lipinski definition) is 7. The van der Waals surface area contributed by atoms with Crippen molar-refractivity contribution in [1.82, 2.24) is 4.98 Å². The molecule has 2 amide bonds. The molecule has 10 heteroatoms. The third-order valence-electron chi connectivity index (χ3n) is 9.54. The first-order valence-corrected chi connectivity index (χ1v) is 16.9. The number of thiophene rings is 1. The van der Waals surface area contributed by atoms with Gasteiger partial charge in [0, 0.05) is 65.3 Å². The number of pyridine rings is 1. The van der Waals surface area contributed by atoms with E-state index in [2.05, 4.69) is 10.2 Å². The van der Waals surface area contributed by atoms with Gasteiger partial charge in [0.25, 0.3) is 17.1 Å². The highest BCUT2D eigenvalue weighted by atomic mass is 35.5. The maximum Gasteiger partial charge on any atom is 0.262 e. The molecule has 1 spiro atoms. The van der Waals surface area contributed by atoms with E-state index >= 15 is 0 Å². The Morgan fingerprint density at radius 2 is 1.66 bits per heavy atom. The number of fused-ring (bicyclic) bond motifs is 4. The summed E-state index contributed by atoms with van der Waals surface area (Å²) in [7, 11) is 0. The highest BCUT2D eigenvalue weighted by Gasteiger charge is 2.45. The van der Waals surface area contributed by atoms with Crippen LogP contribution in [-0.2, 0) is 11.2 Å². The normalized spacial score (nSPS) is 16.6. The van der Waals surface area contributed by atoms with Gasteiger partial charge in [-0.2, -0.15) is 0 Å². The van der Waals surface area contributed by atoms with Crippen molar-refractivity contribution in [3.05, 3.63) is 106 Å². The molecule has 5 aromatic rings. The van der Waals surface area contributed by atoms with Crippen LogP contribution in [0.3, 0.4) is 0 Å². The van der Waals surface area contributed by atoms with E-state index in [4.69, 9.17) is 21.3 Å². The van der Waals surface area contributed by atoms with Crippen molar-refractivity contribution < 1.29 is 19.1 Å². The number of halogens is 1. The van der Waals surface area contributed by atoms with Crippen molar-refractivity contribution in [2.75, 3.05) is 48.0 Å². The Kier molecular flexibility index (Phi) is 7.55. The molecular formula is C37H31ClN4O4S. The van der Waals surface area contributed by atoms with Crippen LogP contribution in [0.5, 0.6) is 0 Å². The molecule has 8 rings (SSSR count). The topological polar surface area (TPSA) is 91.8 Å². The van der Waals surface area contributed by atoms with Crippen molar-refractivity contribution >= 4 is 68.1 Å². The van der Waals surface area contributed by atoms with Crippen molar-refractivity contribution in [1.29, 1.82) is 0 Å². The van der Waals surface area contributed by atoms with Crippen LogP contribution < -0.4 is 15.1 Å². The lowest BCUT2D eigenvalue weighted by molar-refractivity contribution is -0.000491. The predicted molar refractivity (Wildman–Crippen MR) is 186 cm³/mol. The van der Waals surface area contributed by atoms with Crippen LogP contribution in [0.25, 0.3) is 21.3 Å².